The number of carbonyl (C=O) groups excluding carboxylic acids is 1. The van der Waals surface area contributed by atoms with E-state index < -0.39 is 0 Å². The highest BCUT2D eigenvalue weighted by Crippen LogP contribution is 2.22. The van der Waals surface area contributed by atoms with Crippen LogP contribution in [0.3, 0.4) is 0 Å². The molecule has 2 aliphatic heterocycles. The van der Waals surface area contributed by atoms with E-state index in [1.54, 1.807) is 7.11 Å². The van der Waals surface area contributed by atoms with Crippen LogP contribution in [0.4, 0.5) is 0 Å². The van der Waals surface area contributed by atoms with Gasteiger partial charge >= 0.3 is 0 Å². The van der Waals surface area contributed by atoms with E-state index in [0.29, 0.717) is 12.0 Å². The fourth-order valence-electron chi connectivity index (χ4n) is 3.09. The van der Waals surface area contributed by atoms with Gasteiger partial charge in [0.05, 0.1) is 12.1 Å². The van der Waals surface area contributed by atoms with Gasteiger partial charge in [-0.15, -0.1) is 0 Å². The summed E-state index contributed by atoms with van der Waals surface area (Å²) in [7, 11) is 1.76. The Morgan fingerprint density at radius 1 is 1.33 bits per heavy atom. The number of ether oxygens (including phenoxy) is 1. The standard InChI is InChI=1S/C14H26N2O2/c1-3-11-4-7-15-13(10-11)14(17)16-8-5-12(18-2)6-9-16/h11-13,15H,3-10H2,1-2H3. The molecule has 1 amide bonds. The van der Waals surface area contributed by atoms with Gasteiger partial charge in [0.2, 0.25) is 5.91 Å². The molecular weight excluding hydrogens is 228 g/mol. The van der Waals surface area contributed by atoms with E-state index in [0.717, 1.165) is 44.8 Å². The molecule has 2 saturated heterocycles. The summed E-state index contributed by atoms with van der Waals surface area (Å²) in [5.41, 5.74) is 0. The predicted molar refractivity (Wildman–Crippen MR) is 71.4 cm³/mol. The fourth-order valence-corrected chi connectivity index (χ4v) is 3.09. The molecule has 0 aliphatic carbocycles. The Kier molecular flexibility index (Phi) is 5.01. The lowest BCUT2D eigenvalue weighted by atomic mass is 9.89. The molecule has 1 N–H and O–H groups in total. The van der Waals surface area contributed by atoms with Crippen molar-refractivity contribution >= 4 is 5.91 Å². The Hall–Kier alpha value is -0.610. The molecule has 0 radical (unpaired) electrons. The molecule has 2 aliphatic rings. The fraction of sp³-hybridized carbons (Fsp3) is 0.929. The van der Waals surface area contributed by atoms with E-state index in [-0.39, 0.29) is 6.04 Å². The average molecular weight is 254 g/mol. The second-order valence-corrected chi connectivity index (χ2v) is 5.57. The first-order valence-electron chi connectivity index (χ1n) is 7.29. The number of nitrogens with zero attached hydrogens (tertiary/aromatic N) is 1. The largest absolute Gasteiger partial charge is 0.381 e. The van der Waals surface area contributed by atoms with Gasteiger partial charge in [-0.2, -0.15) is 0 Å². The number of carbonyl (C=O) groups is 1. The number of hydrogen-bond acceptors (Lipinski definition) is 3. The summed E-state index contributed by atoms with van der Waals surface area (Å²) in [5, 5.41) is 3.38. The molecule has 2 rings (SSSR count). The van der Waals surface area contributed by atoms with Crippen molar-refractivity contribution in [1.29, 1.82) is 0 Å². The topological polar surface area (TPSA) is 41.6 Å². The number of piperidine rings is 2. The van der Waals surface area contributed by atoms with E-state index >= 15 is 0 Å². The molecule has 104 valence electrons. The van der Waals surface area contributed by atoms with Crippen LogP contribution in [0.5, 0.6) is 0 Å². The molecule has 2 fully saturated rings. The maximum absolute atomic E-state index is 12.4. The highest BCUT2D eigenvalue weighted by atomic mass is 16.5. The lowest BCUT2D eigenvalue weighted by Crippen LogP contribution is -2.52. The lowest BCUT2D eigenvalue weighted by Gasteiger charge is -2.36. The molecule has 0 aromatic rings. The van der Waals surface area contributed by atoms with Crippen LogP contribution in [0.15, 0.2) is 0 Å². The molecule has 2 unspecified atom stereocenters. The summed E-state index contributed by atoms with van der Waals surface area (Å²) in [6, 6.07) is 0.0581. The van der Waals surface area contributed by atoms with Gasteiger partial charge in [-0.25, -0.2) is 0 Å². The van der Waals surface area contributed by atoms with Gasteiger partial charge in [-0.3, -0.25) is 4.79 Å². The first kappa shape index (κ1) is 13.8. The Bertz CT molecular complexity index is 275. The van der Waals surface area contributed by atoms with Crippen molar-refractivity contribution in [3.63, 3.8) is 0 Å². The first-order valence-corrected chi connectivity index (χ1v) is 7.29. The summed E-state index contributed by atoms with van der Waals surface area (Å²) in [5.74, 6) is 1.03. The Morgan fingerprint density at radius 3 is 2.67 bits per heavy atom. The number of rotatable bonds is 3. The van der Waals surface area contributed by atoms with Gasteiger partial charge in [-0.05, 0) is 38.1 Å². The van der Waals surface area contributed by atoms with Crippen molar-refractivity contribution in [2.75, 3.05) is 26.7 Å². The molecule has 0 aromatic carbocycles. The molecule has 18 heavy (non-hydrogen) atoms. The first-order chi connectivity index (χ1) is 8.74. The number of hydrogen-bond donors (Lipinski definition) is 1. The van der Waals surface area contributed by atoms with Gasteiger partial charge in [0, 0.05) is 20.2 Å². The molecule has 2 atom stereocenters. The van der Waals surface area contributed by atoms with Gasteiger partial charge in [0.1, 0.15) is 0 Å². The van der Waals surface area contributed by atoms with Crippen LogP contribution in [0, 0.1) is 5.92 Å². The Balaban J connectivity index is 1.83. The molecule has 4 heteroatoms. The average Bonchev–Trinajstić information content (AvgIpc) is 2.46. The van der Waals surface area contributed by atoms with Crippen molar-refractivity contribution in [1.82, 2.24) is 10.2 Å². The zero-order valence-electron chi connectivity index (χ0n) is 11.7. The Labute approximate surface area is 110 Å². The third-order valence-corrected chi connectivity index (χ3v) is 4.47. The summed E-state index contributed by atoms with van der Waals surface area (Å²) >= 11 is 0. The predicted octanol–water partition coefficient (Wildman–Crippen LogP) is 1.40. The van der Waals surface area contributed by atoms with E-state index in [2.05, 4.69) is 12.2 Å². The van der Waals surface area contributed by atoms with Gasteiger partial charge in [-0.1, -0.05) is 13.3 Å². The van der Waals surface area contributed by atoms with Crippen LogP contribution in [-0.2, 0) is 9.53 Å². The van der Waals surface area contributed by atoms with Crippen LogP contribution >= 0.6 is 0 Å². The van der Waals surface area contributed by atoms with Gasteiger partial charge in [0.25, 0.3) is 0 Å². The van der Waals surface area contributed by atoms with Gasteiger partial charge in [0.15, 0.2) is 0 Å². The number of amides is 1. The monoisotopic (exact) mass is 254 g/mol. The van der Waals surface area contributed by atoms with Crippen molar-refractivity contribution < 1.29 is 9.53 Å². The second kappa shape index (κ2) is 6.53. The molecule has 4 nitrogen and oxygen atoms in total. The smallest absolute Gasteiger partial charge is 0.239 e. The molecule has 0 spiro atoms. The molecule has 0 aromatic heterocycles. The highest BCUT2D eigenvalue weighted by Gasteiger charge is 2.31. The van der Waals surface area contributed by atoms with Crippen LogP contribution in [0.25, 0.3) is 0 Å². The van der Waals surface area contributed by atoms with Crippen molar-refractivity contribution in [3.8, 4) is 0 Å². The SMILES string of the molecule is CCC1CCNC(C(=O)N2CCC(OC)CC2)C1. The quantitative estimate of drug-likeness (QED) is 0.828. The van der Waals surface area contributed by atoms with Crippen LogP contribution in [-0.4, -0.2) is 49.7 Å². The zero-order valence-corrected chi connectivity index (χ0v) is 11.7. The minimum Gasteiger partial charge on any atom is -0.381 e. The summed E-state index contributed by atoms with van der Waals surface area (Å²) in [6.07, 6.45) is 5.72. The van der Waals surface area contributed by atoms with E-state index in [4.69, 9.17) is 4.74 Å². The zero-order chi connectivity index (χ0) is 13.0. The Morgan fingerprint density at radius 2 is 2.06 bits per heavy atom. The van der Waals surface area contributed by atoms with Gasteiger partial charge < -0.3 is 15.0 Å². The molecular formula is C14H26N2O2. The summed E-state index contributed by atoms with van der Waals surface area (Å²) in [6.45, 7) is 4.92. The molecule has 0 saturated carbocycles. The number of methoxy groups -OCH3 is 1. The van der Waals surface area contributed by atoms with Crippen LogP contribution in [0.1, 0.15) is 39.0 Å². The summed E-state index contributed by atoms with van der Waals surface area (Å²) in [4.78, 5) is 14.5. The maximum atomic E-state index is 12.4. The third kappa shape index (κ3) is 3.23. The van der Waals surface area contributed by atoms with E-state index in [1.165, 1.54) is 12.8 Å². The minimum absolute atomic E-state index is 0.0581. The van der Waals surface area contributed by atoms with Crippen molar-refractivity contribution in [2.45, 2.75) is 51.2 Å². The normalized spacial score (nSPS) is 30.4. The summed E-state index contributed by atoms with van der Waals surface area (Å²) < 4.78 is 5.35. The van der Waals surface area contributed by atoms with Crippen LogP contribution < -0.4 is 5.32 Å². The minimum atomic E-state index is 0.0581. The van der Waals surface area contributed by atoms with E-state index in [9.17, 15) is 4.79 Å². The van der Waals surface area contributed by atoms with Crippen molar-refractivity contribution in [3.05, 3.63) is 0 Å². The van der Waals surface area contributed by atoms with Crippen molar-refractivity contribution in [2.24, 2.45) is 5.92 Å². The second-order valence-electron chi connectivity index (χ2n) is 5.57. The van der Waals surface area contributed by atoms with E-state index in [1.807, 2.05) is 4.90 Å². The highest BCUT2D eigenvalue weighted by molar-refractivity contribution is 5.82. The number of nitrogens with one attached hydrogen (secondary N) is 1. The molecule has 0 bridgehead atoms. The maximum Gasteiger partial charge on any atom is 0.239 e. The van der Waals surface area contributed by atoms with Crippen LogP contribution in [0.2, 0.25) is 0 Å². The molecule has 2 heterocycles. The number of likely N-dealkylation sites (tertiary alicyclic amines) is 1. The lowest BCUT2D eigenvalue weighted by molar-refractivity contribution is -0.136. The third-order valence-electron chi connectivity index (χ3n) is 4.47.